The van der Waals surface area contributed by atoms with Crippen molar-refractivity contribution < 1.29 is 9.53 Å². The van der Waals surface area contributed by atoms with E-state index in [2.05, 4.69) is 0 Å². The van der Waals surface area contributed by atoms with Gasteiger partial charge in [0.1, 0.15) is 13.3 Å². The smallest absolute Gasteiger partial charge is 0.254 e. The van der Waals surface area contributed by atoms with Crippen LogP contribution in [-0.2, 0) is 9.53 Å². The molecule has 1 aromatic rings. The molecule has 1 saturated heterocycles. The molecule has 1 amide bonds. The molecular weight excluding hydrogens is 154 g/mol. The van der Waals surface area contributed by atoms with Gasteiger partial charge in [-0.25, -0.2) is 0 Å². The summed E-state index contributed by atoms with van der Waals surface area (Å²) in [4.78, 5) is 12.8. The quantitative estimate of drug-likeness (QED) is 0.618. The maximum absolute atomic E-state index is 11.2. The molecule has 12 heavy (non-hydrogen) atoms. The molecule has 0 aliphatic carbocycles. The van der Waals surface area contributed by atoms with E-state index >= 15 is 0 Å². The lowest BCUT2D eigenvalue weighted by Crippen LogP contribution is -2.24. The fraction of sp³-hybridized carbons (Fsp3) is 0.222. The highest BCUT2D eigenvalue weighted by Crippen LogP contribution is 2.16. The van der Waals surface area contributed by atoms with E-state index in [0.717, 1.165) is 5.69 Å². The SMILES string of the molecule is O=C1COCN1c1ccccc1. The molecule has 0 bridgehead atoms. The Bertz CT molecular complexity index is 284. The Balaban J connectivity index is 2.25. The highest BCUT2D eigenvalue weighted by molar-refractivity contribution is 5.95. The summed E-state index contributed by atoms with van der Waals surface area (Å²) in [6.07, 6.45) is 0. The van der Waals surface area contributed by atoms with Crippen molar-refractivity contribution in [3.05, 3.63) is 30.3 Å². The van der Waals surface area contributed by atoms with Gasteiger partial charge in [-0.05, 0) is 12.1 Å². The summed E-state index contributed by atoms with van der Waals surface area (Å²) >= 11 is 0. The summed E-state index contributed by atoms with van der Waals surface area (Å²) in [5.41, 5.74) is 0.903. The van der Waals surface area contributed by atoms with Crippen LogP contribution in [0.2, 0.25) is 0 Å². The fourth-order valence-electron chi connectivity index (χ4n) is 1.20. The van der Waals surface area contributed by atoms with Crippen LogP contribution in [0.1, 0.15) is 0 Å². The van der Waals surface area contributed by atoms with Crippen LogP contribution in [0.15, 0.2) is 30.3 Å². The Morgan fingerprint density at radius 2 is 2.00 bits per heavy atom. The van der Waals surface area contributed by atoms with Crippen molar-refractivity contribution in [2.24, 2.45) is 0 Å². The van der Waals surface area contributed by atoms with Crippen molar-refractivity contribution in [1.29, 1.82) is 0 Å². The number of ether oxygens (including phenoxy) is 1. The maximum atomic E-state index is 11.2. The Kier molecular flexibility index (Phi) is 1.80. The molecule has 0 unspecified atom stereocenters. The van der Waals surface area contributed by atoms with Gasteiger partial charge < -0.3 is 4.74 Å². The minimum atomic E-state index is 0.0289. The lowest BCUT2D eigenvalue weighted by atomic mass is 10.3. The molecule has 1 fully saturated rings. The molecule has 0 saturated carbocycles. The van der Waals surface area contributed by atoms with Crippen LogP contribution in [0.25, 0.3) is 0 Å². The minimum absolute atomic E-state index is 0.0289. The first-order valence-corrected chi connectivity index (χ1v) is 3.81. The third-order valence-corrected chi connectivity index (χ3v) is 1.81. The average Bonchev–Trinajstić information content (AvgIpc) is 2.53. The zero-order chi connectivity index (χ0) is 8.39. The summed E-state index contributed by atoms with van der Waals surface area (Å²) in [6, 6.07) is 9.52. The Morgan fingerprint density at radius 3 is 2.58 bits per heavy atom. The third kappa shape index (κ3) is 1.19. The zero-order valence-corrected chi connectivity index (χ0v) is 6.56. The van der Waals surface area contributed by atoms with Crippen molar-refractivity contribution in [3.63, 3.8) is 0 Å². The van der Waals surface area contributed by atoms with E-state index in [1.165, 1.54) is 0 Å². The summed E-state index contributed by atoms with van der Waals surface area (Å²) in [5.74, 6) is 0.0289. The molecule has 1 aromatic carbocycles. The molecule has 0 N–H and O–H groups in total. The van der Waals surface area contributed by atoms with Crippen LogP contribution in [0.5, 0.6) is 0 Å². The van der Waals surface area contributed by atoms with E-state index in [0.29, 0.717) is 6.73 Å². The molecule has 2 rings (SSSR count). The summed E-state index contributed by atoms with van der Waals surface area (Å²) in [5, 5.41) is 0. The Morgan fingerprint density at radius 1 is 1.25 bits per heavy atom. The van der Waals surface area contributed by atoms with Gasteiger partial charge in [-0.15, -0.1) is 0 Å². The third-order valence-electron chi connectivity index (χ3n) is 1.81. The first-order chi connectivity index (χ1) is 5.88. The highest BCUT2D eigenvalue weighted by atomic mass is 16.5. The first-order valence-electron chi connectivity index (χ1n) is 3.81. The number of carbonyl (C=O) groups is 1. The number of anilines is 1. The second kappa shape index (κ2) is 2.95. The zero-order valence-electron chi connectivity index (χ0n) is 6.56. The van der Waals surface area contributed by atoms with E-state index in [1.54, 1.807) is 4.90 Å². The average molecular weight is 163 g/mol. The largest absolute Gasteiger partial charge is 0.351 e. The van der Waals surface area contributed by atoms with Gasteiger partial charge in [0.25, 0.3) is 5.91 Å². The predicted molar refractivity (Wildman–Crippen MR) is 44.7 cm³/mol. The van der Waals surface area contributed by atoms with Crippen LogP contribution in [-0.4, -0.2) is 19.2 Å². The van der Waals surface area contributed by atoms with Crippen molar-refractivity contribution in [1.82, 2.24) is 0 Å². The summed E-state index contributed by atoms with van der Waals surface area (Å²) < 4.78 is 5.00. The Hall–Kier alpha value is -1.35. The molecular formula is C9H9NO2. The summed E-state index contributed by atoms with van der Waals surface area (Å²) in [7, 11) is 0. The molecule has 3 heteroatoms. The second-order valence-corrected chi connectivity index (χ2v) is 2.63. The van der Waals surface area contributed by atoms with Crippen molar-refractivity contribution in [2.75, 3.05) is 18.2 Å². The monoisotopic (exact) mass is 163 g/mol. The molecule has 0 atom stereocenters. The maximum Gasteiger partial charge on any atom is 0.254 e. The van der Waals surface area contributed by atoms with E-state index in [4.69, 9.17) is 4.74 Å². The van der Waals surface area contributed by atoms with Crippen LogP contribution >= 0.6 is 0 Å². The fourth-order valence-corrected chi connectivity index (χ4v) is 1.20. The van der Waals surface area contributed by atoms with E-state index in [1.807, 2.05) is 30.3 Å². The van der Waals surface area contributed by atoms with E-state index in [-0.39, 0.29) is 12.5 Å². The molecule has 1 aliphatic heterocycles. The topological polar surface area (TPSA) is 29.5 Å². The number of para-hydroxylation sites is 1. The molecule has 1 heterocycles. The molecule has 0 spiro atoms. The first kappa shape index (κ1) is 7.31. The van der Waals surface area contributed by atoms with Gasteiger partial charge in [-0.2, -0.15) is 0 Å². The van der Waals surface area contributed by atoms with Gasteiger partial charge in [-0.3, -0.25) is 9.69 Å². The van der Waals surface area contributed by atoms with Gasteiger partial charge in [-0.1, -0.05) is 18.2 Å². The van der Waals surface area contributed by atoms with E-state index in [9.17, 15) is 4.79 Å². The number of nitrogens with zero attached hydrogens (tertiary/aromatic N) is 1. The van der Waals surface area contributed by atoms with Crippen LogP contribution in [0.3, 0.4) is 0 Å². The van der Waals surface area contributed by atoms with Crippen molar-refractivity contribution in [3.8, 4) is 0 Å². The standard InChI is InChI=1S/C9H9NO2/c11-9-6-12-7-10(9)8-4-2-1-3-5-8/h1-5H,6-7H2. The second-order valence-electron chi connectivity index (χ2n) is 2.63. The molecule has 3 nitrogen and oxygen atoms in total. The van der Waals surface area contributed by atoms with E-state index < -0.39 is 0 Å². The number of amides is 1. The lowest BCUT2D eigenvalue weighted by Gasteiger charge is -2.12. The normalized spacial score (nSPS) is 17.0. The van der Waals surface area contributed by atoms with Gasteiger partial charge in [0, 0.05) is 5.69 Å². The van der Waals surface area contributed by atoms with Crippen LogP contribution in [0.4, 0.5) is 5.69 Å². The number of rotatable bonds is 1. The molecule has 62 valence electrons. The number of hydrogen-bond acceptors (Lipinski definition) is 2. The van der Waals surface area contributed by atoms with Gasteiger partial charge >= 0.3 is 0 Å². The van der Waals surface area contributed by atoms with Crippen LogP contribution < -0.4 is 4.90 Å². The number of benzene rings is 1. The van der Waals surface area contributed by atoms with Crippen LogP contribution in [0, 0.1) is 0 Å². The number of hydrogen-bond donors (Lipinski definition) is 0. The lowest BCUT2D eigenvalue weighted by molar-refractivity contribution is -0.117. The van der Waals surface area contributed by atoms with Gasteiger partial charge in [0.05, 0.1) is 0 Å². The summed E-state index contributed by atoms with van der Waals surface area (Å²) in [6.45, 7) is 0.581. The van der Waals surface area contributed by atoms with Gasteiger partial charge in [0.15, 0.2) is 0 Å². The van der Waals surface area contributed by atoms with Crippen molar-refractivity contribution >= 4 is 11.6 Å². The Labute approximate surface area is 70.6 Å². The molecule has 0 radical (unpaired) electrons. The highest BCUT2D eigenvalue weighted by Gasteiger charge is 2.21. The van der Waals surface area contributed by atoms with Gasteiger partial charge in [0.2, 0.25) is 0 Å². The van der Waals surface area contributed by atoms with Crippen molar-refractivity contribution in [2.45, 2.75) is 0 Å². The molecule has 0 aromatic heterocycles. The molecule has 1 aliphatic rings. The number of carbonyl (C=O) groups excluding carboxylic acids is 1. The minimum Gasteiger partial charge on any atom is -0.351 e. The predicted octanol–water partition coefficient (Wildman–Crippen LogP) is 1.01.